The third-order valence-corrected chi connectivity index (χ3v) is 1.70. The molecule has 0 spiro atoms. The van der Waals surface area contributed by atoms with Gasteiger partial charge in [-0.1, -0.05) is 0 Å². The Balaban J connectivity index is 2.88. The molecule has 1 rings (SSSR count). The highest BCUT2D eigenvalue weighted by molar-refractivity contribution is 8.12. The van der Waals surface area contributed by atoms with Crippen molar-refractivity contribution in [2.45, 2.75) is 6.18 Å². The summed E-state index contributed by atoms with van der Waals surface area (Å²) < 4.78 is 45.2. The van der Waals surface area contributed by atoms with Crippen LogP contribution in [0.4, 0.5) is 13.2 Å². The molecule has 0 amide bonds. The quantitative estimate of drug-likeness (QED) is 0.526. The summed E-state index contributed by atoms with van der Waals surface area (Å²) in [6.07, 6.45) is -4.62. The van der Waals surface area contributed by atoms with E-state index in [1.807, 2.05) is 0 Å². The molecule has 1 aliphatic heterocycles. The van der Waals surface area contributed by atoms with E-state index in [2.05, 4.69) is 10.2 Å². The van der Waals surface area contributed by atoms with Crippen LogP contribution in [-0.2, 0) is 10.8 Å². The minimum absolute atomic E-state index is 0.642. The van der Waals surface area contributed by atoms with E-state index >= 15 is 0 Å². The molecule has 1 unspecified atom stereocenters. The molecule has 0 aliphatic carbocycles. The van der Waals surface area contributed by atoms with Crippen LogP contribution >= 0.6 is 0 Å². The molecule has 1 aliphatic rings. The summed E-state index contributed by atoms with van der Waals surface area (Å²) in [7, 11) is -2.20. The molecule has 1 heterocycles. The lowest BCUT2D eigenvalue weighted by molar-refractivity contribution is -0.0556. The molecule has 0 bridgehead atoms. The lowest BCUT2D eigenvalue weighted by atomic mass is 10.7. The van der Waals surface area contributed by atoms with Gasteiger partial charge in [0, 0.05) is 0 Å². The molecule has 0 saturated heterocycles. The first-order valence-electron chi connectivity index (χ1n) is 2.11. The van der Waals surface area contributed by atoms with E-state index in [0.29, 0.717) is 5.55 Å². The number of hydrogen-bond donors (Lipinski definition) is 0. The molecule has 0 saturated carbocycles. The van der Waals surface area contributed by atoms with Crippen molar-refractivity contribution in [3.63, 3.8) is 0 Å². The van der Waals surface area contributed by atoms with Crippen LogP contribution in [0.15, 0.2) is 10.2 Å². The van der Waals surface area contributed by atoms with Crippen molar-refractivity contribution in [2.24, 2.45) is 10.2 Å². The minimum atomic E-state index is -4.62. The van der Waals surface area contributed by atoms with Crippen LogP contribution in [0.5, 0.6) is 0 Å². The molecule has 10 heavy (non-hydrogen) atoms. The maximum atomic E-state index is 11.6. The van der Waals surface area contributed by atoms with E-state index in [1.165, 1.54) is 0 Å². The number of nitrogens with zero attached hydrogens (tertiary/aromatic N) is 2. The SMILES string of the molecule is O=S1C=NN=C1C(F)(F)F. The van der Waals surface area contributed by atoms with Gasteiger partial charge in [0.25, 0.3) is 0 Å². The van der Waals surface area contributed by atoms with Crippen LogP contribution < -0.4 is 0 Å². The van der Waals surface area contributed by atoms with Gasteiger partial charge in [-0.05, 0) is 0 Å². The van der Waals surface area contributed by atoms with Crippen molar-refractivity contribution in [1.82, 2.24) is 0 Å². The van der Waals surface area contributed by atoms with Gasteiger partial charge in [-0.25, -0.2) is 4.21 Å². The van der Waals surface area contributed by atoms with E-state index in [0.717, 1.165) is 0 Å². The number of hydrogen-bond acceptors (Lipinski definition) is 3. The topological polar surface area (TPSA) is 41.8 Å². The Morgan fingerprint density at radius 1 is 1.50 bits per heavy atom. The van der Waals surface area contributed by atoms with Gasteiger partial charge in [0.05, 0.1) is 0 Å². The Labute approximate surface area is 56.1 Å². The molecule has 0 aromatic carbocycles. The van der Waals surface area contributed by atoms with E-state index in [-0.39, 0.29) is 0 Å². The van der Waals surface area contributed by atoms with Crippen LogP contribution in [0.3, 0.4) is 0 Å². The van der Waals surface area contributed by atoms with Crippen LogP contribution in [-0.4, -0.2) is 21.0 Å². The maximum Gasteiger partial charge on any atom is 0.444 e. The fraction of sp³-hybridized carbons (Fsp3) is 0.333. The average molecular weight is 170 g/mol. The predicted molar refractivity (Wildman–Crippen MR) is 30.1 cm³/mol. The normalized spacial score (nSPS) is 25.1. The summed E-state index contributed by atoms with van der Waals surface area (Å²) in [5.74, 6) is 0. The standard InChI is InChI=1S/C3HF3N2OS/c4-3(5,6)2-8-7-1-10(2)9/h1H. The van der Waals surface area contributed by atoms with Crippen molar-refractivity contribution >= 4 is 21.4 Å². The third-order valence-electron chi connectivity index (χ3n) is 0.725. The second kappa shape index (κ2) is 2.15. The highest BCUT2D eigenvalue weighted by Gasteiger charge is 2.41. The molecule has 3 nitrogen and oxygen atoms in total. The van der Waals surface area contributed by atoms with Gasteiger partial charge < -0.3 is 0 Å². The fourth-order valence-corrected chi connectivity index (χ4v) is 0.968. The van der Waals surface area contributed by atoms with Crippen LogP contribution in [0.25, 0.3) is 0 Å². The summed E-state index contributed by atoms with van der Waals surface area (Å²) in [4.78, 5) is 0. The predicted octanol–water partition coefficient (Wildman–Crippen LogP) is 0.653. The van der Waals surface area contributed by atoms with Crippen molar-refractivity contribution in [2.75, 3.05) is 0 Å². The van der Waals surface area contributed by atoms with Crippen LogP contribution in [0, 0.1) is 0 Å². The summed E-state index contributed by atoms with van der Waals surface area (Å²) in [5, 5.41) is 4.16. The molecule has 7 heteroatoms. The van der Waals surface area contributed by atoms with Gasteiger partial charge in [-0.3, -0.25) is 0 Å². The first kappa shape index (κ1) is 7.39. The van der Waals surface area contributed by atoms with E-state index < -0.39 is 22.0 Å². The Bertz CT molecular complexity index is 230. The molecular formula is C3HF3N2OS. The largest absolute Gasteiger partial charge is 0.444 e. The fourth-order valence-electron chi connectivity index (χ4n) is 0.380. The molecule has 0 aromatic heterocycles. The zero-order chi connectivity index (χ0) is 7.78. The second-order valence-corrected chi connectivity index (χ2v) is 2.61. The minimum Gasteiger partial charge on any atom is -0.246 e. The zero-order valence-corrected chi connectivity index (χ0v) is 5.24. The second-order valence-electron chi connectivity index (χ2n) is 1.42. The first-order chi connectivity index (χ1) is 4.52. The van der Waals surface area contributed by atoms with Crippen LogP contribution in [0.1, 0.15) is 0 Å². The summed E-state index contributed by atoms with van der Waals surface area (Å²) >= 11 is 0. The number of rotatable bonds is 0. The molecule has 0 N–H and O–H groups in total. The highest BCUT2D eigenvalue weighted by Crippen LogP contribution is 2.21. The van der Waals surface area contributed by atoms with Gasteiger partial charge in [-0.15, -0.1) is 10.2 Å². The smallest absolute Gasteiger partial charge is 0.246 e. The first-order valence-corrected chi connectivity index (χ1v) is 3.32. The molecule has 0 radical (unpaired) electrons. The van der Waals surface area contributed by atoms with Gasteiger partial charge in [0.2, 0.25) is 5.04 Å². The zero-order valence-electron chi connectivity index (χ0n) is 4.42. The Morgan fingerprint density at radius 3 is 2.30 bits per heavy atom. The van der Waals surface area contributed by atoms with Crippen molar-refractivity contribution in [3.05, 3.63) is 0 Å². The van der Waals surface area contributed by atoms with Gasteiger partial charge in [0.15, 0.2) is 0 Å². The van der Waals surface area contributed by atoms with E-state index in [4.69, 9.17) is 0 Å². The molecular weight excluding hydrogens is 169 g/mol. The molecule has 56 valence electrons. The van der Waals surface area contributed by atoms with Gasteiger partial charge >= 0.3 is 6.18 Å². The number of alkyl halides is 3. The number of halogens is 3. The monoisotopic (exact) mass is 170 g/mol. The summed E-state index contributed by atoms with van der Waals surface area (Å²) in [6, 6.07) is 0. The van der Waals surface area contributed by atoms with Crippen molar-refractivity contribution in [3.8, 4) is 0 Å². The lowest BCUT2D eigenvalue weighted by Crippen LogP contribution is -2.25. The van der Waals surface area contributed by atoms with Gasteiger partial charge in [0.1, 0.15) is 16.3 Å². The van der Waals surface area contributed by atoms with Crippen molar-refractivity contribution in [1.29, 1.82) is 0 Å². The molecule has 0 fully saturated rings. The van der Waals surface area contributed by atoms with E-state index in [9.17, 15) is 17.4 Å². The Morgan fingerprint density at radius 2 is 2.10 bits per heavy atom. The molecule has 1 atom stereocenters. The highest BCUT2D eigenvalue weighted by atomic mass is 32.2. The summed E-state index contributed by atoms with van der Waals surface area (Å²) in [6.45, 7) is 0. The Hall–Kier alpha value is -0.720. The lowest BCUT2D eigenvalue weighted by Gasteiger charge is -2.00. The summed E-state index contributed by atoms with van der Waals surface area (Å²) in [5.41, 5.74) is 0.642. The van der Waals surface area contributed by atoms with Crippen LogP contribution in [0.2, 0.25) is 0 Å². The average Bonchev–Trinajstić information content (AvgIpc) is 2.11. The van der Waals surface area contributed by atoms with Crippen molar-refractivity contribution < 1.29 is 17.4 Å². The van der Waals surface area contributed by atoms with Gasteiger partial charge in [-0.2, -0.15) is 13.2 Å². The molecule has 0 aromatic rings. The third kappa shape index (κ3) is 1.23. The Kier molecular flexibility index (Phi) is 1.59. The maximum absolute atomic E-state index is 11.6. The van der Waals surface area contributed by atoms with E-state index in [1.54, 1.807) is 0 Å².